The van der Waals surface area contributed by atoms with Crippen molar-refractivity contribution in [1.29, 1.82) is 0 Å². The van der Waals surface area contributed by atoms with Crippen LogP contribution in [0.2, 0.25) is 5.02 Å². The molecule has 2 heterocycles. The summed E-state index contributed by atoms with van der Waals surface area (Å²) in [5, 5.41) is 0.982. The second-order valence-corrected chi connectivity index (χ2v) is 11.8. The van der Waals surface area contributed by atoms with Crippen molar-refractivity contribution in [1.82, 2.24) is 9.97 Å². The van der Waals surface area contributed by atoms with Crippen LogP contribution in [0.15, 0.2) is 41.2 Å². The Kier molecular flexibility index (Phi) is 6.55. The predicted octanol–water partition coefficient (Wildman–Crippen LogP) is 7.18. The van der Waals surface area contributed by atoms with Gasteiger partial charge in [-0.2, -0.15) is 0 Å². The van der Waals surface area contributed by atoms with Crippen molar-refractivity contribution in [2.45, 2.75) is 46.6 Å². The maximum absolute atomic E-state index is 14.0. The van der Waals surface area contributed by atoms with Crippen molar-refractivity contribution in [2.75, 3.05) is 7.11 Å². The number of rotatable bonds is 5. The van der Waals surface area contributed by atoms with Gasteiger partial charge in [-0.05, 0) is 54.4 Å². The van der Waals surface area contributed by atoms with E-state index in [1.54, 1.807) is 41.7 Å². The predicted molar refractivity (Wildman–Crippen MR) is 143 cm³/mol. The number of hydrogen-bond donors (Lipinski definition) is 1. The molecular formula is C28H28ClFN2O3S. The Morgan fingerprint density at radius 2 is 2.03 bits per heavy atom. The standard InChI is InChI=1S/C28H28ClFN2O3S/c1-28(2,3)17-9-10-18-22(13-17)36-27-23(18)26(33)31-25(32-27)16-11-19(29)24(21(12-16)34-4)35-14-15-7-5-6-8-20(15)30/h5-8,11-12,17H,9-10,13-14H2,1-4H3,(H,31,32,33). The number of halogens is 2. The van der Waals surface area contributed by atoms with Crippen LogP contribution in [0.25, 0.3) is 21.6 Å². The second-order valence-electron chi connectivity index (χ2n) is 10.3. The summed E-state index contributed by atoms with van der Waals surface area (Å²) in [6.07, 6.45) is 2.95. The van der Waals surface area contributed by atoms with Crippen LogP contribution in [0.5, 0.6) is 11.5 Å². The normalized spacial score (nSPS) is 15.7. The first-order valence-electron chi connectivity index (χ1n) is 11.9. The number of fused-ring (bicyclic) bond motifs is 3. The molecule has 0 saturated carbocycles. The zero-order valence-corrected chi connectivity index (χ0v) is 22.3. The van der Waals surface area contributed by atoms with Gasteiger partial charge in [0.1, 0.15) is 23.1 Å². The molecule has 1 atom stereocenters. The minimum Gasteiger partial charge on any atom is -0.493 e. The molecule has 1 aliphatic rings. The monoisotopic (exact) mass is 526 g/mol. The lowest BCUT2D eigenvalue weighted by Crippen LogP contribution is -2.26. The lowest BCUT2D eigenvalue weighted by Gasteiger charge is -2.33. The number of nitrogens with one attached hydrogen (secondary N) is 1. The van der Waals surface area contributed by atoms with E-state index in [0.717, 1.165) is 29.7 Å². The van der Waals surface area contributed by atoms with E-state index in [9.17, 15) is 9.18 Å². The van der Waals surface area contributed by atoms with E-state index in [1.165, 1.54) is 18.1 Å². The van der Waals surface area contributed by atoms with E-state index in [0.29, 0.717) is 39.8 Å². The third-order valence-electron chi connectivity index (χ3n) is 6.98. The molecule has 36 heavy (non-hydrogen) atoms. The largest absolute Gasteiger partial charge is 0.493 e. The molecule has 1 unspecified atom stereocenters. The van der Waals surface area contributed by atoms with E-state index < -0.39 is 0 Å². The number of aromatic nitrogens is 2. The first kappa shape index (κ1) is 24.8. The molecule has 4 aromatic rings. The van der Waals surface area contributed by atoms with Crippen molar-refractivity contribution < 1.29 is 13.9 Å². The van der Waals surface area contributed by atoms with Gasteiger partial charge in [-0.15, -0.1) is 11.3 Å². The number of aryl methyl sites for hydroxylation is 1. The topological polar surface area (TPSA) is 64.2 Å². The summed E-state index contributed by atoms with van der Waals surface area (Å²) < 4.78 is 25.3. The lowest BCUT2D eigenvalue weighted by atomic mass is 9.72. The van der Waals surface area contributed by atoms with Crippen molar-refractivity contribution in [3.8, 4) is 22.9 Å². The van der Waals surface area contributed by atoms with Crippen molar-refractivity contribution in [2.24, 2.45) is 11.3 Å². The van der Waals surface area contributed by atoms with Gasteiger partial charge in [0.15, 0.2) is 11.5 Å². The second kappa shape index (κ2) is 9.52. The van der Waals surface area contributed by atoms with E-state index in [2.05, 4.69) is 25.8 Å². The number of H-pyrrole nitrogens is 1. The Morgan fingerprint density at radius 3 is 2.75 bits per heavy atom. The molecule has 2 aromatic carbocycles. The van der Waals surface area contributed by atoms with Crippen LogP contribution in [0.3, 0.4) is 0 Å². The molecule has 0 radical (unpaired) electrons. The molecule has 5 nitrogen and oxygen atoms in total. The van der Waals surface area contributed by atoms with Crippen LogP contribution in [0.1, 0.15) is 43.2 Å². The van der Waals surface area contributed by atoms with Gasteiger partial charge in [-0.1, -0.05) is 50.6 Å². The molecule has 0 spiro atoms. The van der Waals surface area contributed by atoms with Gasteiger partial charge in [0.25, 0.3) is 5.56 Å². The minimum absolute atomic E-state index is 0.000544. The van der Waals surface area contributed by atoms with Crippen LogP contribution in [-0.4, -0.2) is 17.1 Å². The zero-order valence-electron chi connectivity index (χ0n) is 20.7. The summed E-state index contributed by atoms with van der Waals surface area (Å²) in [7, 11) is 1.50. The maximum Gasteiger partial charge on any atom is 0.260 e. The third-order valence-corrected chi connectivity index (χ3v) is 8.41. The van der Waals surface area contributed by atoms with Gasteiger partial charge in [-0.3, -0.25) is 4.79 Å². The first-order valence-corrected chi connectivity index (χ1v) is 13.1. The fraction of sp³-hybridized carbons (Fsp3) is 0.357. The molecule has 1 aliphatic carbocycles. The molecule has 8 heteroatoms. The van der Waals surface area contributed by atoms with Crippen LogP contribution in [0, 0.1) is 17.2 Å². The Labute approximate surface area is 218 Å². The highest BCUT2D eigenvalue weighted by Crippen LogP contribution is 2.43. The van der Waals surface area contributed by atoms with Gasteiger partial charge in [0.2, 0.25) is 0 Å². The maximum atomic E-state index is 14.0. The minimum atomic E-state index is -0.355. The average Bonchev–Trinajstić information content (AvgIpc) is 3.21. The first-order chi connectivity index (χ1) is 17.2. The van der Waals surface area contributed by atoms with E-state index in [4.69, 9.17) is 26.1 Å². The summed E-state index contributed by atoms with van der Waals surface area (Å²) in [5.41, 5.74) is 2.24. The smallest absolute Gasteiger partial charge is 0.260 e. The van der Waals surface area contributed by atoms with E-state index >= 15 is 0 Å². The Bertz CT molecular complexity index is 1510. The van der Waals surface area contributed by atoms with Crippen LogP contribution in [-0.2, 0) is 19.4 Å². The highest BCUT2D eigenvalue weighted by Gasteiger charge is 2.31. The molecule has 0 bridgehead atoms. The van der Waals surface area contributed by atoms with Crippen LogP contribution in [0.4, 0.5) is 4.39 Å². The van der Waals surface area contributed by atoms with Gasteiger partial charge >= 0.3 is 0 Å². The third kappa shape index (κ3) is 4.62. The number of nitrogens with zero attached hydrogens (tertiary/aromatic N) is 1. The SMILES string of the molecule is COc1cc(-c2nc3sc4c(c3c(=O)[nH]2)CCC(C(C)(C)C)C4)cc(Cl)c1OCc1ccccc1F. The van der Waals surface area contributed by atoms with Crippen molar-refractivity contribution in [3.05, 3.63) is 73.6 Å². The Balaban J connectivity index is 1.49. The molecule has 5 rings (SSSR count). The van der Waals surface area contributed by atoms with Crippen LogP contribution >= 0.6 is 22.9 Å². The summed E-state index contributed by atoms with van der Waals surface area (Å²) >= 11 is 8.16. The fourth-order valence-electron chi connectivity index (χ4n) is 4.82. The lowest BCUT2D eigenvalue weighted by molar-refractivity contribution is 0.218. The molecule has 0 fully saturated rings. The zero-order chi connectivity index (χ0) is 25.6. The number of benzene rings is 2. The number of ether oxygens (including phenoxy) is 2. The van der Waals surface area contributed by atoms with Crippen molar-refractivity contribution in [3.63, 3.8) is 0 Å². The van der Waals surface area contributed by atoms with E-state index in [-0.39, 0.29) is 28.4 Å². The highest BCUT2D eigenvalue weighted by molar-refractivity contribution is 7.18. The molecular weight excluding hydrogens is 499 g/mol. The van der Waals surface area contributed by atoms with Gasteiger partial charge in [0, 0.05) is 16.0 Å². The summed E-state index contributed by atoms with van der Waals surface area (Å²) in [5.74, 6) is 1.31. The summed E-state index contributed by atoms with van der Waals surface area (Å²) in [6, 6.07) is 9.79. The fourth-order valence-corrected chi connectivity index (χ4v) is 6.39. The molecule has 0 aliphatic heterocycles. The molecule has 188 valence electrons. The number of thiophene rings is 1. The number of aromatic amines is 1. The Hall–Kier alpha value is -2.90. The number of methoxy groups -OCH3 is 1. The van der Waals surface area contributed by atoms with Gasteiger partial charge in [-0.25, -0.2) is 9.37 Å². The van der Waals surface area contributed by atoms with Gasteiger partial charge in [0.05, 0.1) is 17.5 Å². The quantitative estimate of drug-likeness (QED) is 0.299. The molecule has 1 N–H and O–H groups in total. The molecule has 0 amide bonds. The van der Waals surface area contributed by atoms with E-state index in [1.807, 2.05) is 0 Å². The average molecular weight is 527 g/mol. The molecule has 2 aromatic heterocycles. The Morgan fingerprint density at radius 1 is 1.25 bits per heavy atom. The van der Waals surface area contributed by atoms with Crippen LogP contribution < -0.4 is 15.0 Å². The summed E-state index contributed by atoms with van der Waals surface area (Å²) in [6.45, 7) is 6.83. The number of hydrogen-bond acceptors (Lipinski definition) is 5. The van der Waals surface area contributed by atoms with Crippen molar-refractivity contribution >= 4 is 33.2 Å². The summed E-state index contributed by atoms with van der Waals surface area (Å²) in [4.78, 5) is 22.9. The molecule has 0 saturated heterocycles. The van der Waals surface area contributed by atoms with Gasteiger partial charge < -0.3 is 14.5 Å². The highest BCUT2D eigenvalue weighted by atomic mass is 35.5.